The van der Waals surface area contributed by atoms with Crippen LogP contribution in [0.2, 0.25) is 0 Å². The van der Waals surface area contributed by atoms with E-state index in [9.17, 15) is 4.79 Å². The number of likely N-dealkylation sites (tertiary alicyclic amines) is 1. The smallest absolute Gasteiger partial charge is 0.263 e. The molecule has 5 heteroatoms. The first kappa shape index (κ1) is 13.1. The number of rotatable bonds is 2. The Bertz CT molecular complexity index is 494. The summed E-state index contributed by atoms with van der Waals surface area (Å²) in [6.07, 6.45) is 5.35. The molecule has 19 heavy (non-hydrogen) atoms. The van der Waals surface area contributed by atoms with Gasteiger partial charge in [-0.25, -0.2) is 0 Å². The average molecular weight is 294 g/mol. The number of hydrogen-bond donors (Lipinski definition) is 1. The second-order valence-electron chi connectivity index (χ2n) is 5.38. The molecule has 1 amide bonds. The van der Waals surface area contributed by atoms with Crippen molar-refractivity contribution in [1.82, 2.24) is 4.90 Å². The lowest BCUT2D eigenvalue weighted by Crippen LogP contribution is -2.41. The number of aryl methyl sites for hydroxylation is 2. The number of carbonyl (C=O) groups is 1. The molecule has 0 saturated carbocycles. The summed E-state index contributed by atoms with van der Waals surface area (Å²) >= 11 is 6.72. The third kappa shape index (κ3) is 2.54. The number of carbonyl (C=O) groups excluding carboxylic acids is 1. The SMILES string of the molecule is NC(=S)C1CCN(C(=O)c2cc3c(s2)CCC3)CC1. The zero-order valence-electron chi connectivity index (χ0n) is 10.9. The predicted octanol–water partition coefficient (Wildman–Crippen LogP) is 2.38. The Morgan fingerprint density at radius 1 is 1.37 bits per heavy atom. The highest BCUT2D eigenvalue weighted by Gasteiger charge is 2.27. The van der Waals surface area contributed by atoms with Gasteiger partial charge in [-0.2, -0.15) is 0 Å². The van der Waals surface area contributed by atoms with Crippen LogP contribution >= 0.6 is 23.6 Å². The van der Waals surface area contributed by atoms with Gasteiger partial charge in [0.15, 0.2) is 0 Å². The standard InChI is InChI=1S/C14H18N2OS2/c15-13(18)9-4-6-16(7-5-9)14(17)12-8-10-2-1-3-11(10)19-12/h8-9H,1-7H2,(H2,15,18). The first-order valence-corrected chi connectivity index (χ1v) is 8.08. The van der Waals surface area contributed by atoms with E-state index in [1.807, 2.05) is 4.90 Å². The third-order valence-electron chi connectivity index (χ3n) is 4.14. The van der Waals surface area contributed by atoms with Gasteiger partial charge >= 0.3 is 0 Å². The molecule has 0 spiro atoms. The van der Waals surface area contributed by atoms with Crippen LogP contribution in [0.15, 0.2) is 6.07 Å². The van der Waals surface area contributed by atoms with Gasteiger partial charge in [0.2, 0.25) is 0 Å². The molecule has 0 unspecified atom stereocenters. The molecule has 2 heterocycles. The van der Waals surface area contributed by atoms with E-state index in [1.54, 1.807) is 11.3 Å². The number of thiocarbonyl (C=S) groups is 1. The van der Waals surface area contributed by atoms with E-state index < -0.39 is 0 Å². The molecule has 0 aromatic carbocycles. The fourth-order valence-electron chi connectivity index (χ4n) is 2.96. The number of hydrogen-bond acceptors (Lipinski definition) is 3. The third-order valence-corrected chi connectivity index (χ3v) is 5.70. The van der Waals surface area contributed by atoms with Crippen LogP contribution in [0.3, 0.4) is 0 Å². The van der Waals surface area contributed by atoms with Crippen molar-refractivity contribution in [2.75, 3.05) is 13.1 Å². The Kier molecular flexibility index (Phi) is 3.58. The molecule has 1 aromatic rings. The summed E-state index contributed by atoms with van der Waals surface area (Å²) in [5.74, 6) is 0.508. The maximum atomic E-state index is 12.5. The molecule has 1 saturated heterocycles. The van der Waals surface area contributed by atoms with E-state index >= 15 is 0 Å². The van der Waals surface area contributed by atoms with Crippen molar-refractivity contribution >= 4 is 34.5 Å². The van der Waals surface area contributed by atoms with Crippen LogP contribution < -0.4 is 5.73 Å². The van der Waals surface area contributed by atoms with E-state index in [0.717, 1.165) is 43.6 Å². The van der Waals surface area contributed by atoms with Crippen molar-refractivity contribution in [1.29, 1.82) is 0 Å². The van der Waals surface area contributed by atoms with Gasteiger partial charge in [-0.1, -0.05) is 12.2 Å². The fraction of sp³-hybridized carbons (Fsp3) is 0.571. The maximum absolute atomic E-state index is 12.5. The number of piperidine rings is 1. The highest BCUT2D eigenvalue weighted by Crippen LogP contribution is 2.32. The van der Waals surface area contributed by atoms with Crippen molar-refractivity contribution in [2.24, 2.45) is 11.7 Å². The molecule has 1 aliphatic heterocycles. The summed E-state index contributed by atoms with van der Waals surface area (Å²) in [5, 5.41) is 0. The highest BCUT2D eigenvalue weighted by atomic mass is 32.1. The summed E-state index contributed by atoms with van der Waals surface area (Å²) in [5.41, 5.74) is 7.07. The molecular formula is C14H18N2OS2. The minimum Gasteiger partial charge on any atom is -0.393 e. The van der Waals surface area contributed by atoms with Crippen LogP contribution in [0.25, 0.3) is 0 Å². The number of thiophene rings is 1. The Hall–Kier alpha value is -0.940. The molecule has 1 fully saturated rings. The van der Waals surface area contributed by atoms with Crippen molar-refractivity contribution < 1.29 is 4.79 Å². The maximum Gasteiger partial charge on any atom is 0.263 e. The topological polar surface area (TPSA) is 46.3 Å². The lowest BCUT2D eigenvalue weighted by molar-refractivity contribution is 0.0715. The summed E-state index contributed by atoms with van der Waals surface area (Å²) in [4.78, 5) is 17.3. The lowest BCUT2D eigenvalue weighted by Gasteiger charge is -2.31. The normalized spacial score (nSPS) is 19.5. The predicted molar refractivity (Wildman–Crippen MR) is 81.8 cm³/mol. The Morgan fingerprint density at radius 2 is 2.11 bits per heavy atom. The molecule has 102 valence electrons. The van der Waals surface area contributed by atoms with Gasteiger partial charge in [-0.05, 0) is 43.7 Å². The molecule has 2 N–H and O–H groups in total. The van der Waals surface area contributed by atoms with Crippen LogP contribution in [-0.4, -0.2) is 28.9 Å². The van der Waals surface area contributed by atoms with Crippen molar-refractivity contribution in [3.05, 3.63) is 21.4 Å². The molecule has 3 nitrogen and oxygen atoms in total. The molecule has 0 atom stereocenters. The first-order valence-electron chi connectivity index (χ1n) is 6.85. The molecule has 0 radical (unpaired) electrons. The Balaban J connectivity index is 1.66. The van der Waals surface area contributed by atoms with E-state index in [-0.39, 0.29) is 5.91 Å². The van der Waals surface area contributed by atoms with Gasteiger partial charge < -0.3 is 10.6 Å². The monoisotopic (exact) mass is 294 g/mol. The van der Waals surface area contributed by atoms with Crippen LogP contribution in [0.4, 0.5) is 0 Å². The molecule has 1 aromatic heterocycles. The van der Waals surface area contributed by atoms with Crippen molar-refractivity contribution in [2.45, 2.75) is 32.1 Å². The molecule has 2 aliphatic rings. The van der Waals surface area contributed by atoms with Gasteiger partial charge in [0, 0.05) is 23.9 Å². The van der Waals surface area contributed by atoms with Gasteiger partial charge in [-0.15, -0.1) is 11.3 Å². The molecule has 3 rings (SSSR count). The minimum atomic E-state index is 0.195. The highest BCUT2D eigenvalue weighted by molar-refractivity contribution is 7.80. The zero-order chi connectivity index (χ0) is 13.4. The summed E-state index contributed by atoms with van der Waals surface area (Å²) in [6.45, 7) is 1.56. The van der Waals surface area contributed by atoms with E-state index in [0.29, 0.717) is 10.9 Å². The van der Waals surface area contributed by atoms with E-state index in [2.05, 4.69) is 6.07 Å². The Morgan fingerprint density at radius 3 is 2.74 bits per heavy atom. The minimum absolute atomic E-state index is 0.195. The zero-order valence-corrected chi connectivity index (χ0v) is 12.5. The second-order valence-corrected chi connectivity index (χ2v) is 6.99. The number of nitrogens with zero attached hydrogens (tertiary/aromatic N) is 1. The number of nitrogens with two attached hydrogens (primary N) is 1. The molecule has 1 aliphatic carbocycles. The van der Waals surface area contributed by atoms with Crippen molar-refractivity contribution in [3.8, 4) is 0 Å². The second kappa shape index (κ2) is 5.21. The van der Waals surface area contributed by atoms with Crippen LogP contribution in [0.5, 0.6) is 0 Å². The first-order chi connectivity index (χ1) is 9.15. The van der Waals surface area contributed by atoms with E-state index in [1.165, 1.54) is 16.9 Å². The van der Waals surface area contributed by atoms with Crippen molar-refractivity contribution in [3.63, 3.8) is 0 Å². The quantitative estimate of drug-likeness (QED) is 0.852. The van der Waals surface area contributed by atoms with Crippen LogP contribution in [0.1, 0.15) is 39.4 Å². The lowest BCUT2D eigenvalue weighted by atomic mass is 9.97. The van der Waals surface area contributed by atoms with E-state index in [4.69, 9.17) is 18.0 Å². The fourth-order valence-corrected chi connectivity index (χ4v) is 4.41. The number of fused-ring (bicyclic) bond motifs is 1. The molecule has 0 bridgehead atoms. The van der Waals surface area contributed by atoms with Crippen LogP contribution in [-0.2, 0) is 12.8 Å². The number of amides is 1. The van der Waals surface area contributed by atoms with Gasteiger partial charge in [0.1, 0.15) is 0 Å². The summed E-state index contributed by atoms with van der Waals surface area (Å²) in [7, 11) is 0. The Labute approximate surface area is 122 Å². The van der Waals surface area contributed by atoms with Gasteiger partial charge in [0.25, 0.3) is 5.91 Å². The van der Waals surface area contributed by atoms with Gasteiger partial charge in [-0.3, -0.25) is 4.79 Å². The largest absolute Gasteiger partial charge is 0.393 e. The average Bonchev–Trinajstić information content (AvgIpc) is 2.98. The molecular weight excluding hydrogens is 276 g/mol. The van der Waals surface area contributed by atoms with Crippen LogP contribution in [0, 0.1) is 5.92 Å². The summed E-state index contributed by atoms with van der Waals surface area (Å²) < 4.78 is 0. The van der Waals surface area contributed by atoms with Gasteiger partial charge in [0.05, 0.1) is 9.87 Å². The summed E-state index contributed by atoms with van der Waals surface area (Å²) in [6, 6.07) is 2.11.